The fraction of sp³-hybridized carbons (Fsp3) is 0.250. The SMILES string of the molecule is O=C(/C=C/c1ccc(C(F)(F)F)cc1)N1CCN(S(=O)(=O)c2c(F)cccc2F)CC1. The maximum absolute atomic E-state index is 13.9. The summed E-state index contributed by atoms with van der Waals surface area (Å²) in [6.45, 7) is -0.330. The highest BCUT2D eigenvalue weighted by molar-refractivity contribution is 7.89. The molecule has 1 aliphatic heterocycles. The Morgan fingerprint density at radius 1 is 0.903 bits per heavy atom. The van der Waals surface area contributed by atoms with Gasteiger partial charge in [-0.25, -0.2) is 17.2 Å². The summed E-state index contributed by atoms with van der Waals surface area (Å²) >= 11 is 0. The van der Waals surface area contributed by atoms with E-state index >= 15 is 0 Å². The van der Waals surface area contributed by atoms with Crippen LogP contribution in [-0.2, 0) is 21.0 Å². The van der Waals surface area contributed by atoms with Gasteiger partial charge in [-0.05, 0) is 35.9 Å². The van der Waals surface area contributed by atoms with Crippen LogP contribution in [0.3, 0.4) is 0 Å². The second-order valence-electron chi connectivity index (χ2n) is 6.73. The zero-order chi connectivity index (χ0) is 22.8. The van der Waals surface area contributed by atoms with Crippen LogP contribution in [0.1, 0.15) is 11.1 Å². The van der Waals surface area contributed by atoms with Crippen LogP contribution in [0.15, 0.2) is 53.4 Å². The molecule has 1 heterocycles. The zero-order valence-corrected chi connectivity index (χ0v) is 16.8. The van der Waals surface area contributed by atoms with E-state index in [2.05, 4.69) is 0 Å². The molecule has 0 N–H and O–H groups in total. The fourth-order valence-electron chi connectivity index (χ4n) is 3.06. The van der Waals surface area contributed by atoms with E-state index in [1.807, 2.05) is 0 Å². The van der Waals surface area contributed by atoms with Crippen LogP contribution in [0.2, 0.25) is 0 Å². The molecule has 5 nitrogen and oxygen atoms in total. The van der Waals surface area contributed by atoms with Crippen LogP contribution in [0.4, 0.5) is 22.0 Å². The number of benzene rings is 2. The maximum atomic E-state index is 13.9. The molecular formula is C20H17F5N2O3S. The van der Waals surface area contributed by atoms with Gasteiger partial charge in [0.05, 0.1) is 5.56 Å². The van der Waals surface area contributed by atoms with Crippen molar-refractivity contribution >= 4 is 22.0 Å². The molecule has 11 heteroatoms. The highest BCUT2D eigenvalue weighted by Crippen LogP contribution is 2.29. The summed E-state index contributed by atoms with van der Waals surface area (Å²) in [4.78, 5) is 12.6. The van der Waals surface area contributed by atoms with Gasteiger partial charge in [0.1, 0.15) is 11.6 Å². The van der Waals surface area contributed by atoms with Gasteiger partial charge in [-0.1, -0.05) is 18.2 Å². The smallest absolute Gasteiger partial charge is 0.337 e. The molecule has 0 saturated carbocycles. The molecule has 2 aromatic rings. The second kappa shape index (κ2) is 8.75. The molecule has 0 bridgehead atoms. The number of rotatable bonds is 4. The van der Waals surface area contributed by atoms with Crippen molar-refractivity contribution in [3.63, 3.8) is 0 Å². The second-order valence-corrected chi connectivity index (χ2v) is 8.61. The van der Waals surface area contributed by atoms with Crippen molar-refractivity contribution < 1.29 is 35.2 Å². The summed E-state index contributed by atoms with van der Waals surface area (Å²) in [5, 5.41) is 0. The van der Waals surface area contributed by atoms with Gasteiger partial charge in [0.15, 0.2) is 4.90 Å². The van der Waals surface area contributed by atoms with Gasteiger partial charge in [0, 0.05) is 32.3 Å². The molecule has 0 aromatic heterocycles. The van der Waals surface area contributed by atoms with Crippen LogP contribution in [-0.4, -0.2) is 49.7 Å². The van der Waals surface area contributed by atoms with Crippen LogP contribution >= 0.6 is 0 Å². The first-order valence-corrected chi connectivity index (χ1v) is 10.5. The van der Waals surface area contributed by atoms with Crippen molar-refractivity contribution in [3.05, 3.63) is 71.3 Å². The predicted molar refractivity (Wildman–Crippen MR) is 102 cm³/mol. The molecule has 0 atom stereocenters. The van der Waals surface area contributed by atoms with Crippen molar-refractivity contribution in [2.24, 2.45) is 0 Å². The van der Waals surface area contributed by atoms with Gasteiger partial charge >= 0.3 is 6.18 Å². The Morgan fingerprint density at radius 3 is 1.97 bits per heavy atom. The number of piperazine rings is 1. The molecule has 2 aromatic carbocycles. The van der Waals surface area contributed by atoms with E-state index in [1.54, 1.807) is 0 Å². The van der Waals surface area contributed by atoms with E-state index in [-0.39, 0.29) is 26.2 Å². The minimum Gasteiger partial charge on any atom is -0.337 e. The number of sulfonamides is 1. The summed E-state index contributed by atoms with van der Waals surface area (Å²) in [6.07, 6.45) is -1.94. The zero-order valence-electron chi connectivity index (χ0n) is 15.9. The Hall–Kier alpha value is -2.79. The molecule has 1 amide bonds. The Bertz CT molecular complexity index is 1070. The monoisotopic (exact) mass is 460 g/mol. The lowest BCUT2D eigenvalue weighted by Crippen LogP contribution is -2.50. The number of carbonyl (C=O) groups excluding carboxylic acids is 1. The summed E-state index contributed by atoms with van der Waals surface area (Å²) < 4.78 is 91.5. The van der Waals surface area contributed by atoms with Crippen LogP contribution in [0.5, 0.6) is 0 Å². The number of halogens is 5. The van der Waals surface area contributed by atoms with Crippen molar-refractivity contribution in [2.75, 3.05) is 26.2 Å². The quantitative estimate of drug-likeness (QED) is 0.518. The molecule has 1 fully saturated rings. The third-order valence-electron chi connectivity index (χ3n) is 4.72. The average molecular weight is 460 g/mol. The lowest BCUT2D eigenvalue weighted by molar-refractivity contribution is -0.137. The normalized spacial score (nSPS) is 16.1. The van der Waals surface area contributed by atoms with Crippen LogP contribution in [0, 0.1) is 11.6 Å². The van der Waals surface area contributed by atoms with Crippen molar-refractivity contribution in [3.8, 4) is 0 Å². The first kappa shape index (κ1) is 22.9. The number of alkyl halides is 3. The highest BCUT2D eigenvalue weighted by Gasteiger charge is 2.34. The minimum atomic E-state index is -4.45. The van der Waals surface area contributed by atoms with E-state index in [0.717, 1.165) is 34.6 Å². The third kappa shape index (κ3) is 5.10. The van der Waals surface area contributed by atoms with Gasteiger partial charge in [-0.15, -0.1) is 0 Å². The van der Waals surface area contributed by atoms with Crippen LogP contribution < -0.4 is 0 Å². The van der Waals surface area contributed by atoms with Gasteiger partial charge in [0.25, 0.3) is 0 Å². The number of carbonyl (C=O) groups is 1. The fourth-order valence-corrected chi connectivity index (χ4v) is 4.59. The van der Waals surface area contributed by atoms with Crippen LogP contribution in [0.25, 0.3) is 6.08 Å². The number of hydrogen-bond donors (Lipinski definition) is 0. The van der Waals surface area contributed by atoms with Gasteiger partial charge < -0.3 is 4.90 Å². The van der Waals surface area contributed by atoms with Gasteiger partial charge in [-0.2, -0.15) is 17.5 Å². The Balaban J connectivity index is 1.63. The first-order valence-electron chi connectivity index (χ1n) is 9.08. The molecule has 0 radical (unpaired) electrons. The minimum absolute atomic E-state index is 0.00845. The van der Waals surface area contributed by atoms with Gasteiger partial charge in [-0.3, -0.25) is 4.79 Å². The number of nitrogens with zero attached hydrogens (tertiary/aromatic N) is 2. The van der Waals surface area contributed by atoms with Crippen molar-refractivity contribution in [2.45, 2.75) is 11.1 Å². The summed E-state index contributed by atoms with van der Waals surface area (Å²) in [6, 6.07) is 7.00. The third-order valence-corrected chi connectivity index (χ3v) is 6.67. The molecule has 3 rings (SSSR count). The Kier molecular flexibility index (Phi) is 6.46. The van der Waals surface area contributed by atoms with E-state index in [9.17, 15) is 35.2 Å². The first-order chi connectivity index (χ1) is 14.5. The molecule has 1 aliphatic rings. The van der Waals surface area contributed by atoms with Gasteiger partial charge in [0.2, 0.25) is 15.9 Å². The maximum Gasteiger partial charge on any atom is 0.416 e. The van der Waals surface area contributed by atoms with E-state index in [4.69, 9.17) is 0 Å². The summed E-state index contributed by atoms with van der Waals surface area (Å²) in [5.41, 5.74) is -0.419. The molecule has 31 heavy (non-hydrogen) atoms. The number of hydrogen-bond acceptors (Lipinski definition) is 3. The van der Waals surface area contributed by atoms with Crippen molar-refractivity contribution in [1.82, 2.24) is 9.21 Å². The Labute approximate surface area is 175 Å². The van der Waals surface area contributed by atoms with E-state index in [0.29, 0.717) is 5.56 Å². The molecule has 0 unspecified atom stereocenters. The summed E-state index contributed by atoms with van der Waals surface area (Å²) in [5.74, 6) is -2.86. The highest BCUT2D eigenvalue weighted by atomic mass is 32.2. The molecular weight excluding hydrogens is 443 g/mol. The largest absolute Gasteiger partial charge is 0.416 e. The summed E-state index contributed by atoms with van der Waals surface area (Å²) in [7, 11) is -4.41. The Morgan fingerprint density at radius 2 is 1.45 bits per heavy atom. The average Bonchev–Trinajstić information content (AvgIpc) is 2.71. The lowest BCUT2D eigenvalue weighted by Gasteiger charge is -2.33. The molecule has 166 valence electrons. The standard InChI is InChI=1S/C20H17F5N2O3S/c21-16-2-1-3-17(22)19(16)31(29,30)27-12-10-26(11-13-27)18(28)9-6-14-4-7-15(8-5-14)20(23,24)25/h1-9H,10-13H2/b9-6+. The molecule has 1 saturated heterocycles. The lowest BCUT2D eigenvalue weighted by atomic mass is 10.1. The van der Waals surface area contributed by atoms with E-state index < -0.39 is 44.2 Å². The topological polar surface area (TPSA) is 57.7 Å². The number of amides is 1. The molecule has 0 aliphatic carbocycles. The molecule has 0 spiro atoms. The van der Waals surface area contributed by atoms with Crippen molar-refractivity contribution in [1.29, 1.82) is 0 Å². The van der Waals surface area contributed by atoms with E-state index in [1.165, 1.54) is 29.2 Å². The predicted octanol–water partition coefficient (Wildman–Crippen LogP) is 3.53.